The summed E-state index contributed by atoms with van der Waals surface area (Å²) in [6, 6.07) is 2.55. The van der Waals surface area contributed by atoms with Crippen LogP contribution >= 0.6 is 0 Å². The molecule has 2 heterocycles. The fourth-order valence-corrected chi connectivity index (χ4v) is 2.40. The maximum atomic E-state index is 4.59. The Morgan fingerprint density at radius 2 is 2.00 bits per heavy atom. The molecular weight excluding hydrogens is 248 g/mol. The number of anilines is 1. The second kappa shape index (κ2) is 6.25. The summed E-state index contributed by atoms with van der Waals surface area (Å²) in [4.78, 5) is 4.48. The van der Waals surface area contributed by atoms with Crippen LogP contribution in [-0.4, -0.2) is 20.6 Å². The lowest BCUT2D eigenvalue weighted by Crippen LogP contribution is -2.19. The van der Waals surface area contributed by atoms with E-state index in [9.17, 15) is 0 Å². The van der Waals surface area contributed by atoms with Gasteiger partial charge in [0.2, 0.25) is 0 Å². The van der Waals surface area contributed by atoms with E-state index in [0.717, 1.165) is 29.4 Å². The predicted molar refractivity (Wildman–Crippen MR) is 84.2 cm³/mol. The summed E-state index contributed by atoms with van der Waals surface area (Å²) in [6.45, 7) is 11.1. The van der Waals surface area contributed by atoms with E-state index in [2.05, 4.69) is 56.1 Å². The van der Waals surface area contributed by atoms with Crippen LogP contribution in [0, 0.1) is 5.92 Å². The summed E-state index contributed by atoms with van der Waals surface area (Å²) in [7, 11) is 0. The molecule has 0 aliphatic carbocycles. The minimum atomic E-state index is 0.418. The van der Waals surface area contributed by atoms with Crippen molar-refractivity contribution in [3.8, 4) is 0 Å². The van der Waals surface area contributed by atoms with Crippen LogP contribution in [0.4, 0.5) is 5.82 Å². The van der Waals surface area contributed by atoms with Crippen molar-refractivity contribution in [2.45, 2.75) is 59.4 Å². The molecule has 0 saturated carbocycles. The number of nitrogens with zero attached hydrogens (tertiary/aromatic N) is 3. The molecule has 2 aromatic heterocycles. The molecule has 2 aromatic rings. The molecule has 2 rings (SSSR count). The summed E-state index contributed by atoms with van der Waals surface area (Å²) < 4.78 is 1.92. The van der Waals surface area contributed by atoms with Gasteiger partial charge in [-0.15, -0.1) is 0 Å². The topological polar surface area (TPSA) is 42.2 Å². The lowest BCUT2D eigenvalue weighted by molar-refractivity contribution is 0.483. The summed E-state index contributed by atoms with van der Waals surface area (Å²) in [6.07, 6.45) is 6.09. The first-order valence-electron chi connectivity index (χ1n) is 7.62. The van der Waals surface area contributed by atoms with E-state index < -0.39 is 0 Å². The maximum absolute atomic E-state index is 4.59. The molecule has 0 fully saturated rings. The van der Waals surface area contributed by atoms with Crippen molar-refractivity contribution in [2.75, 3.05) is 5.32 Å². The number of fused-ring (bicyclic) bond motifs is 1. The van der Waals surface area contributed by atoms with Gasteiger partial charge in [0, 0.05) is 18.4 Å². The standard InChI is InChI=1S/C16H26N4/c1-6-12(4)9-13(5)18-16-15-10-14(11(2)3)19-20(15)8-7-17-16/h7-8,10-13H,6,9H2,1-5H3,(H,17,18). The summed E-state index contributed by atoms with van der Waals surface area (Å²) in [5.41, 5.74) is 2.17. The first-order chi connectivity index (χ1) is 9.51. The van der Waals surface area contributed by atoms with E-state index in [0.29, 0.717) is 12.0 Å². The van der Waals surface area contributed by atoms with Crippen molar-refractivity contribution >= 4 is 11.3 Å². The molecule has 0 saturated heterocycles. The summed E-state index contributed by atoms with van der Waals surface area (Å²) in [5, 5.41) is 8.12. The molecule has 4 nitrogen and oxygen atoms in total. The third-order valence-corrected chi connectivity index (χ3v) is 3.84. The zero-order valence-corrected chi connectivity index (χ0v) is 13.2. The molecule has 4 heteroatoms. The molecule has 0 aliphatic heterocycles. The normalized spacial score (nSPS) is 14.7. The van der Waals surface area contributed by atoms with E-state index in [1.54, 1.807) is 0 Å². The highest BCUT2D eigenvalue weighted by Crippen LogP contribution is 2.21. The molecule has 1 N–H and O–H groups in total. The lowest BCUT2D eigenvalue weighted by atomic mass is 10.0. The largest absolute Gasteiger partial charge is 0.366 e. The zero-order chi connectivity index (χ0) is 14.7. The molecule has 2 atom stereocenters. The van der Waals surface area contributed by atoms with Gasteiger partial charge in [0.25, 0.3) is 0 Å². The Kier molecular flexibility index (Phi) is 4.63. The molecule has 0 spiro atoms. The third kappa shape index (κ3) is 3.30. The Morgan fingerprint density at radius 1 is 1.25 bits per heavy atom. The van der Waals surface area contributed by atoms with Crippen LogP contribution in [0.1, 0.15) is 59.1 Å². The third-order valence-electron chi connectivity index (χ3n) is 3.84. The van der Waals surface area contributed by atoms with Crippen LogP contribution < -0.4 is 5.32 Å². The smallest absolute Gasteiger partial charge is 0.152 e. The average Bonchev–Trinajstić information content (AvgIpc) is 2.83. The number of hydrogen-bond donors (Lipinski definition) is 1. The Labute approximate surface area is 121 Å². The predicted octanol–water partition coefficient (Wildman–Crippen LogP) is 4.09. The van der Waals surface area contributed by atoms with Gasteiger partial charge in [-0.3, -0.25) is 0 Å². The summed E-state index contributed by atoms with van der Waals surface area (Å²) >= 11 is 0. The monoisotopic (exact) mass is 274 g/mol. The Balaban J connectivity index is 2.21. The molecular formula is C16H26N4. The van der Waals surface area contributed by atoms with Gasteiger partial charge in [-0.25, -0.2) is 9.50 Å². The van der Waals surface area contributed by atoms with E-state index in [-0.39, 0.29) is 0 Å². The lowest BCUT2D eigenvalue weighted by Gasteiger charge is -2.18. The molecule has 0 amide bonds. The van der Waals surface area contributed by atoms with Crippen molar-refractivity contribution < 1.29 is 0 Å². The van der Waals surface area contributed by atoms with Gasteiger partial charge >= 0.3 is 0 Å². The SMILES string of the molecule is CCC(C)CC(C)Nc1nccn2nc(C(C)C)cc12. The molecule has 0 aromatic carbocycles. The molecule has 0 radical (unpaired) electrons. The zero-order valence-electron chi connectivity index (χ0n) is 13.2. The van der Waals surface area contributed by atoms with Gasteiger partial charge in [-0.2, -0.15) is 5.10 Å². The quantitative estimate of drug-likeness (QED) is 0.862. The van der Waals surface area contributed by atoms with E-state index in [1.165, 1.54) is 6.42 Å². The van der Waals surface area contributed by atoms with Crippen LogP contribution in [0.3, 0.4) is 0 Å². The second-order valence-electron chi connectivity index (χ2n) is 6.12. The van der Waals surface area contributed by atoms with Crippen LogP contribution in [-0.2, 0) is 0 Å². The van der Waals surface area contributed by atoms with Crippen LogP contribution in [0.15, 0.2) is 18.5 Å². The number of hydrogen-bond acceptors (Lipinski definition) is 3. The van der Waals surface area contributed by atoms with Crippen molar-refractivity contribution in [1.29, 1.82) is 0 Å². The van der Waals surface area contributed by atoms with Crippen molar-refractivity contribution in [2.24, 2.45) is 5.92 Å². The van der Waals surface area contributed by atoms with Crippen molar-refractivity contribution in [1.82, 2.24) is 14.6 Å². The van der Waals surface area contributed by atoms with Crippen LogP contribution in [0.5, 0.6) is 0 Å². The van der Waals surface area contributed by atoms with E-state index >= 15 is 0 Å². The van der Waals surface area contributed by atoms with E-state index in [4.69, 9.17) is 0 Å². The van der Waals surface area contributed by atoms with Gasteiger partial charge in [-0.1, -0.05) is 34.1 Å². The maximum Gasteiger partial charge on any atom is 0.152 e. The Hall–Kier alpha value is -1.58. The first-order valence-corrected chi connectivity index (χ1v) is 7.62. The molecule has 0 bridgehead atoms. The number of nitrogens with one attached hydrogen (secondary N) is 1. The minimum Gasteiger partial charge on any atom is -0.366 e. The molecule has 20 heavy (non-hydrogen) atoms. The van der Waals surface area contributed by atoms with Gasteiger partial charge in [0.1, 0.15) is 5.52 Å². The Bertz CT molecular complexity index is 559. The van der Waals surface area contributed by atoms with Crippen molar-refractivity contribution in [3.05, 3.63) is 24.2 Å². The Morgan fingerprint density at radius 3 is 2.65 bits per heavy atom. The highest BCUT2D eigenvalue weighted by atomic mass is 15.2. The van der Waals surface area contributed by atoms with E-state index in [1.807, 2.05) is 16.9 Å². The van der Waals surface area contributed by atoms with Gasteiger partial charge < -0.3 is 5.32 Å². The van der Waals surface area contributed by atoms with Gasteiger partial charge in [-0.05, 0) is 31.2 Å². The first kappa shape index (κ1) is 14.8. The highest BCUT2D eigenvalue weighted by Gasteiger charge is 2.12. The minimum absolute atomic E-state index is 0.418. The molecule has 2 unspecified atom stereocenters. The summed E-state index contributed by atoms with van der Waals surface area (Å²) in [5.74, 6) is 2.09. The second-order valence-corrected chi connectivity index (χ2v) is 6.12. The van der Waals surface area contributed by atoms with Crippen molar-refractivity contribution in [3.63, 3.8) is 0 Å². The fraction of sp³-hybridized carbons (Fsp3) is 0.625. The van der Waals surface area contributed by atoms with Gasteiger partial charge in [0.05, 0.1) is 5.69 Å². The van der Waals surface area contributed by atoms with Crippen LogP contribution in [0.25, 0.3) is 5.52 Å². The number of aromatic nitrogens is 3. The van der Waals surface area contributed by atoms with Crippen LogP contribution in [0.2, 0.25) is 0 Å². The van der Waals surface area contributed by atoms with Gasteiger partial charge in [0.15, 0.2) is 5.82 Å². The molecule has 110 valence electrons. The average molecular weight is 274 g/mol. The highest BCUT2D eigenvalue weighted by molar-refractivity contribution is 5.68. The molecule has 0 aliphatic rings. The number of rotatable bonds is 6. The fourth-order valence-electron chi connectivity index (χ4n) is 2.40.